The number of halogens is 3. The highest BCUT2D eigenvalue weighted by atomic mass is 19.4. The third kappa shape index (κ3) is 2.93. The highest BCUT2D eigenvalue weighted by Gasteiger charge is 2.30. The van der Waals surface area contributed by atoms with Crippen molar-refractivity contribution in [1.82, 2.24) is 14.8 Å². The molecule has 2 rings (SSSR count). The van der Waals surface area contributed by atoms with Crippen LogP contribution in [0.15, 0.2) is 24.3 Å². The monoisotopic (exact) mass is 271 g/mol. The highest BCUT2D eigenvalue weighted by Crippen LogP contribution is 2.31. The second-order valence-electron chi connectivity index (χ2n) is 3.99. The number of hydrogen-bond donors (Lipinski definition) is 0. The summed E-state index contributed by atoms with van der Waals surface area (Å²) in [7, 11) is 3.18. The van der Waals surface area contributed by atoms with Gasteiger partial charge in [0, 0.05) is 19.7 Å². The molecule has 0 radical (unpaired) electrons. The molecule has 0 aliphatic heterocycles. The first-order valence-corrected chi connectivity index (χ1v) is 5.48. The van der Waals surface area contributed by atoms with Crippen LogP contribution < -0.4 is 0 Å². The second-order valence-corrected chi connectivity index (χ2v) is 3.99. The van der Waals surface area contributed by atoms with Crippen molar-refractivity contribution in [3.05, 3.63) is 35.7 Å². The molecule has 0 saturated carbocycles. The van der Waals surface area contributed by atoms with Crippen LogP contribution in [0, 0.1) is 0 Å². The predicted octanol–water partition coefficient (Wildman–Crippen LogP) is 2.65. The van der Waals surface area contributed by atoms with E-state index in [4.69, 9.17) is 4.74 Å². The lowest BCUT2D eigenvalue weighted by Gasteiger charge is -2.06. The minimum absolute atomic E-state index is 0.251. The van der Waals surface area contributed by atoms with Crippen LogP contribution in [0.2, 0.25) is 0 Å². The SMILES string of the molecule is COCc1nc(-c2cccc(C(F)(F)F)c2)nn1C. The van der Waals surface area contributed by atoms with Gasteiger partial charge in [0.1, 0.15) is 6.61 Å². The smallest absolute Gasteiger partial charge is 0.377 e. The topological polar surface area (TPSA) is 39.9 Å². The van der Waals surface area contributed by atoms with Gasteiger partial charge in [0.05, 0.1) is 5.56 Å². The number of hydrogen-bond acceptors (Lipinski definition) is 3. The molecular weight excluding hydrogens is 259 g/mol. The van der Waals surface area contributed by atoms with Crippen molar-refractivity contribution < 1.29 is 17.9 Å². The van der Waals surface area contributed by atoms with E-state index in [1.165, 1.54) is 17.9 Å². The van der Waals surface area contributed by atoms with Crippen molar-refractivity contribution in [2.45, 2.75) is 12.8 Å². The molecule has 0 fully saturated rings. The Kier molecular flexibility index (Phi) is 3.57. The van der Waals surface area contributed by atoms with E-state index in [-0.39, 0.29) is 12.4 Å². The van der Waals surface area contributed by atoms with Crippen LogP contribution in [-0.4, -0.2) is 21.9 Å². The van der Waals surface area contributed by atoms with Crippen LogP contribution in [0.3, 0.4) is 0 Å². The van der Waals surface area contributed by atoms with Gasteiger partial charge in [-0.1, -0.05) is 12.1 Å². The number of methoxy groups -OCH3 is 1. The van der Waals surface area contributed by atoms with Gasteiger partial charge >= 0.3 is 6.18 Å². The summed E-state index contributed by atoms with van der Waals surface area (Å²) in [5, 5.41) is 4.08. The van der Waals surface area contributed by atoms with Gasteiger partial charge < -0.3 is 4.74 Å². The molecule has 102 valence electrons. The van der Waals surface area contributed by atoms with Gasteiger partial charge in [-0.05, 0) is 12.1 Å². The number of nitrogens with zero attached hydrogens (tertiary/aromatic N) is 3. The van der Waals surface area contributed by atoms with E-state index < -0.39 is 11.7 Å². The third-order valence-corrected chi connectivity index (χ3v) is 2.57. The van der Waals surface area contributed by atoms with Gasteiger partial charge in [-0.3, -0.25) is 4.68 Å². The van der Waals surface area contributed by atoms with Crippen LogP contribution in [0.5, 0.6) is 0 Å². The maximum atomic E-state index is 12.6. The van der Waals surface area contributed by atoms with E-state index in [0.717, 1.165) is 12.1 Å². The Bertz CT molecular complexity index is 578. The number of alkyl halides is 3. The van der Waals surface area contributed by atoms with Crippen molar-refractivity contribution in [2.75, 3.05) is 7.11 Å². The fraction of sp³-hybridized carbons (Fsp3) is 0.333. The molecule has 0 saturated heterocycles. The number of aromatic nitrogens is 3. The first kappa shape index (κ1) is 13.5. The quantitative estimate of drug-likeness (QED) is 0.861. The van der Waals surface area contributed by atoms with E-state index in [9.17, 15) is 13.2 Å². The van der Waals surface area contributed by atoms with Crippen molar-refractivity contribution in [1.29, 1.82) is 0 Å². The molecule has 0 bridgehead atoms. The number of benzene rings is 1. The zero-order valence-electron chi connectivity index (χ0n) is 10.4. The van der Waals surface area contributed by atoms with Gasteiger partial charge in [0.15, 0.2) is 11.6 Å². The van der Waals surface area contributed by atoms with Crippen LogP contribution in [-0.2, 0) is 24.6 Å². The summed E-state index contributed by atoms with van der Waals surface area (Å²) in [5.41, 5.74) is -0.390. The third-order valence-electron chi connectivity index (χ3n) is 2.57. The number of aryl methyl sites for hydroxylation is 1. The van der Waals surface area contributed by atoms with E-state index in [1.54, 1.807) is 13.1 Å². The van der Waals surface area contributed by atoms with Crippen molar-refractivity contribution in [2.24, 2.45) is 7.05 Å². The van der Waals surface area contributed by atoms with E-state index in [2.05, 4.69) is 10.1 Å². The van der Waals surface area contributed by atoms with Crippen LogP contribution in [0.4, 0.5) is 13.2 Å². The molecule has 0 atom stereocenters. The standard InChI is InChI=1S/C12H12F3N3O/c1-18-10(7-19-2)16-11(17-18)8-4-3-5-9(6-8)12(13,14)15/h3-6H,7H2,1-2H3. The molecule has 0 amide bonds. The molecule has 1 heterocycles. The minimum atomic E-state index is -4.37. The van der Waals surface area contributed by atoms with Crippen molar-refractivity contribution in [3.8, 4) is 11.4 Å². The van der Waals surface area contributed by atoms with E-state index in [1.807, 2.05) is 0 Å². The van der Waals surface area contributed by atoms with E-state index >= 15 is 0 Å². The molecule has 0 aliphatic rings. The molecular formula is C12H12F3N3O. The molecule has 4 nitrogen and oxygen atoms in total. The normalized spacial score (nSPS) is 11.8. The first-order valence-electron chi connectivity index (χ1n) is 5.48. The molecule has 7 heteroatoms. The Hall–Kier alpha value is -1.89. The summed E-state index contributed by atoms with van der Waals surface area (Å²) >= 11 is 0. The zero-order chi connectivity index (χ0) is 14.0. The van der Waals surface area contributed by atoms with Crippen LogP contribution in [0.1, 0.15) is 11.4 Å². The average molecular weight is 271 g/mol. The second kappa shape index (κ2) is 5.00. The minimum Gasteiger partial charge on any atom is -0.377 e. The molecule has 0 unspecified atom stereocenters. The molecule has 0 N–H and O–H groups in total. The van der Waals surface area contributed by atoms with Gasteiger partial charge in [0.25, 0.3) is 0 Å². The molecule has 1 aromatic carbocycles. The fourth-order valence-electron chi connectivity index (χ4n) is 1.63. The van der Waals surface area contributed by atoms with Crippen molar-refractivity contribution in [3.63, 3.8) is 0 Å². The maximum absolute atomic E-state index is 12.6. The summed E-state index contributed by atoms with van der Waals surface area (Å²) in [6.07, 6.45) is -4.37. The summed E-state index contributed by atoms with van der Waals surface area (Å²) in [6, 6.07) is 4.93. The van der Waals surface area contributed by atoms with Crippen molar-refractivity contribution >= 4 is 0 Å². The van der Waals surface area contributed by atoms with Gasteiger partial charge in [-0.25, -0.2) is 4.98 Å². The predicted molar refractivity (Wildman–Crippen MR) is 62.2 cm³/mol. The number of ether oxygens (including phenoxy) is 1. The Balaban J connectivity index is 2.39. The molecule has 0 aliphatic carbocycles. The fourth-order valence-corrected chi connectivity index (χ4v) is 1.63. The Labute approximate surface area is 107 Å². The molecule has 0 spiro atoms. The lowest BCUT2D eigenvalue weighted by Crippen LogP contribution is -2.04. The lowest BCUT2D eigenvalue weighted by atomic mass is 10.1. The van der Waals surface area contributed by atoms with Gasteiger partial charge in [-0.15, -0.1) is 0 Å². The molecule has 1 aromatic heterocycles. The molecule has 2 aromatic rings. The van der Waals surface area contributed by atoms with E-state index in [0.29, 0.717) is 11.4 Å². The summed E-state index contributed by atoms with van der Waals surface area (Å²) in [6.45, 7) is 0.252. The van der Waals surface area contributed by atoms with Gasteiger partial charge in [0.2, 0.25) is 0 Å². The Morgan fingerprint density at radius 1 is 1.32 bits per heavy atom. The summed E-state index contributed by atoms with van der Waals surface area (Å²) in [5.74, 6) is 0.801. The number of rotatable bonds is 3. The van der Waals surface area contributed by atoms with Crippen LogP contribution in [0.25, 0.3) is 11.4 Å². The van der Waals surface area contributed by atoms with Gasteiger partial charge in [-0.2, -0.15) is 18.3 Å². The lowest BCUT2D eigenvalue weighted by molar-refractivity contribution is -0.137. The largest absolute Gasteiger partial charge is 0.416 e. The zero-order valence-corrected chi connectivity index (χ0v) is 10.4. The summed E-state index contributed by atoms with van der Waals surface area (Å²) < 4.78 is 44.3. The maximum Gasteiger partial charge on any atom is 0.416 e. The summed E-state index contributed by atoms with van der Waals surface area (Å²) in [4.78, 5) is 4.15. The van der Waals surface area contributed by atoms with Crippen LogP contribution >= 0.6 is 0 Å². The Morgan fingerprint density at radius 3 is 2.68 bits per heavy atom. The first-order chi connectivity index (χ1) is 8.91. The Morgan fingerprint density at radius 2 is 2.05 bits per heavy atom. The average Bonchev–Trinajstić information content (AvgIpc) is 2.71. The molecule has 19 heavy (non-hydrogen) atoms. The highest BCUT2D eigenvalue weighted by molar-refractivity contribution is 5.56.